The van der Waals surface area contributed by atoms with E-state index in [1.165, 1.54) is 6.26 Å². The molecule has 88 valence electrons. The maximum absolute atomic E-state index is 11.9. The van der Waals surface area contributed by atoms with Gasteiger partial charge in [-0.2, -0.15) is 0 Å². The molecule has 0 bridgehead atoms. The van der Waals surface area contributed by atoms with Crippen molar-refractivity contribution in [2.45, 2.75) is 13.8 Å². The normalized spacial score (nSPS) is 10.2. The monoisotopic (exact) mass is 231 g/mol. The van der Waals surface area contributed by atoms with Crippen molar-refractivity contribution in [3.63, 3.8) is 0 Å². The molecule has 0 saturated carbocycles. The van der Waals surface area contributed by atoms with E-state index < -0.39 is 0 Å². The van der Waals surface area contributed by atoms with Gasteiger partial charge in [-0.3, -0.25) is 4.79 Å². The lowest BCUT2D eigenvalue weighted by atomic mass is 10.1. The van der Waals surface area contributed by atoms with E-state index >= 15 is 0 Å². The van der Waals surface area contributed by atoms with E-state index in [4.69, 9.17) is 4.42 Å². The van der Waals surface area contributed by atoms with Crippen molar-refractivity contribution in [3.8, 4) is 5.75 Å². The Bertz CT molecular complexity index is 558. The van der Waals surface area contributed by atoms with Crippen LogP contribution in [-0.2, 0) is 0 Å². The summed E-state index contributed by atoms with van der Waals surface area (Å²) in [5.41, 5.74) is 1.98. The third-order valence-corrected chi connectivity index (χ3v) is 2.62. The number of amides is 1. The second-order valence-electron chi connectivity index (χ2n) is 3.84. The molecular formula is C13H13NO3. The van der Waals surface area contributed by atoms with E-state index in [-0.39, 0.29) is 17.4 Å². The Hall–Kier alpha value is -2.23. The summed E-state index contributed by atoms with van der Waals surface area (Å²) in [5.74, 6) is 0.118. The van der Waals surface area contributed by atoms with Crippen molar-refractivity contribution >= 4 is 11.6 Å². The number of phenolic OH excluding ortho intramolecular Hbond substituents is 1. The molecule has 0 radical (unpaired) electrons. The second kappa shape index (κ2) is 4.33. The Morgan fingerprint density at radius 3 is 2.71 bits per heavy atom. The molecule has 1 amide bonds. The highest BCUT2D eigenvalue weighted by molar-refractivity contribution is 6.03. The van der Waals surface area contributed by atoms with Gasteiger partial charge in [0, 0.05) is 16.8 Å². The van der Waals surface area contributed by atoms with E-state index in [1.807, 2.05) is 0 Å². The first-order valence-electron chi connectivity index (χ1n) is 5.23. The van der Waals surface area contributed by atoms with E-state index in [0.29, 0.717) is 11.3 Å². The summed E-state index contributed by atoms with van der Waals surface area (Å²) in [5, 5.41) is 12.2. The first-order chi connectivity index (χ1) is 8.09. The van der Waals surface area contributed by atoms with Crippen molar-refractivity contribution < 1.29 is 14.3 Å². The highest BCUT2D eigenvalue weighted by Gasteiger charge is 2.14. The Labute approximate surface area is 98.9 Å². The molecule has 0 saturated heterocycles. The topological polar surface area (TPSA) is 62.5 Å². The summed E-state index contributed by atoms with van der Waals surface area (Å²) < 4.78 is 5.09. The smallest absolute Gasteiger partial charge is 0.291 e. The number of nitrogens with one attached hydrogen (secondary N) is 1. The predicted molar refractivity (Wildman–Crippen MR) is 64.2 cm³/mol. The summed E-state index contributed by atoms with van der Waals surface area (Å²) >= 11 is 0. The molecule has 2 N–H and O–H groups in total. The third kappa shape index (κ3) is 2.15. The minimum Gasteiger partial charge on any atom is -0.508 e. The Morgan fingerprint density at radius 1 is 1.29 bits per heavy atom. The fourth-order valence-corrected chi connectivity index (χ4v) is 1.54. The quantitative estimate of drug-likeness (QED) is 0.835. The molecule has 0 atom stereocenters. The van der Waals surface area contributed by atoms with Crippen molar-refractivity contribution in [2.75, 3.05) is 5.32 Å². The Kier molecular flexibility index (Phi) is 2.87. The molecule has 0 fully saturated rings. The molecule has 0 aliphatic carbocycles. The molecule has 1 heterocycles. The maximum Gasteiger partial charge on any atom is 0.291 e. The van der Waals surface area contributed by atoms with Gasteiger partial charge in [0.05, 0.1) is 6.26 Å². The summed E-state index contributed by atoms with van der Waals surface area (Å²) in [6, 6.07) is 6.70. The molecule has 0 unspecified atom stereocenters. The van der Waals surface area contributed by atoms with Gasteiger partial charge >= 0.3 is 0 Å². The molecule has 1 aromatic carbocycles. The molecule has 2 aromatic rings. The lowest BCUT2D eigenvalue weighted by molar-refractivity contribution is 0.0996. The lowest BCUT2D eigenvalue weighted by Gasteiger charge is -2.08. The summed E-state index contributed by atoms with van der Waals surface area (Å²) in [6.45, 7) is 3.54. The summed E-state index contributed by atoms with van der Waals surface area (Å²) in [6.07, 6.45) is 1.47. The van der Waals surface area contributed by atoms with E-state index in [1.54, 1.807) is 38.1 Å². The molecule has 4 nitrogen and oxygen atoms in total. The number of carbonyl (C=O) groups excluding carboxylic acids is 1. The van der Waals surface area contributed by atoms with E-state index in [2.05, 4.69) is 5.32 Å². The minimum absolute atomic E-state index is 0.152. The van der Waals surface area contributed by atoms with Crippen LogP contribution in [-0.4, -0.2) is 11.0 Å². The number of anilines is 1. The first-order valence-corrected chi connectivity index (χ1v) is 5.23. The standard InChI is InChI=1S/C13H13NO3/c1-8-6-7-17-12(8)13(16)14-10-4-3-5-11(15)9(10)2/h3-7,15H,1-2H3,(H,14,16). The molecule has 17 heavy (non-hydrogen) atoms. The Morgan fingerprint density at radius 2 is 2.06 bits per heavy atom. The second-order valence-corrected chi connectivity index (χ2v) is 3.84. The lowest BCUT2D eigenvalue weighted by Crippen LogP contribution is -2.12. The zero-order valence-corrected chi connectivity index (χ0v) is 9.65. The Balaban J connectivity index is 2.25. The van der Waals surface area contributed by atoms with Crippen molar-refractivity contribution in [1.82, 2.24) is 0 Å². The minimum atomic E-state index is -0.318. The number of hydrogen-bond acceptors (Lipinski definition) is 3. The number of aryl methyl sites for hydroxylation is 1. The zero-order chi connectivity index (χ0) is 12.4. The van der Waals surface area contributed by atoms with Crippen molar-refractivity contribution in [2.24, 2.45) is 0 Å². The summed E-state index contributed by atoms with van der Waals surface area (Å²) in [7, 11) is 0. The maximum atomic E-state index is 11.9. The van der Waals surface area contributed by atoms with Crippen LogP contribution >= 0.6 is 0 Å². The molecule has 0 spiro atoms. The van der Waals surface area contributed by atoms with Crippen LogP contribution in [0.25, 0.3) is 0 Å². The molecular weight excluding hydrogens is 218 g/mol. The van der Waals surface area contributed by atoms with Gasteiger partial charge in [0.2, 0.25) is 0 Å². The average Bonchev–Trinajstić information content (AvgIpc) is 2.71. The third-order valence-electron chi connectivity index (χ3n) is 2.62. The van der Waals surface area contributed by atoms with Crippen molar-refractivity contribution in [3.05, 3.63) is 47.4 Å². The van der Waals surface area contributed by atoms with Crippen LogP contribution in [0.5, 0.6) is 5.75 Å². The molecule has 1 aromatic heterocycles. The highest BCUT2D eigenvalue weighted by atomic mass is 16.3. The van der Waals surface area contributed by atoms with Gasteiger partial charge in [0.15, 0.2) is 5.76 Å². The first kappa shape index (κ1) is 11.3. The van der Waals surface area contributed by atoms with E-state index in [0.717, 1.165) is 5.56 Å². The molecule has 2 rings (SSSR count). The van der Waals surface area contributed by atoms with Crippen LogP contribution < -0.4 is 5.32 Å². The number of furan rings is 1. The van der Waals surface area contributed by atoms with Gasteiger partial charge in [-0.25, -0.2) is 0 Å². The molecule has 4 heteroatoms. The number of rotatable bonds is 2. The van der Waals surface area contributed by atoms with Crippen LogP contribution in [0.1, 0.15) is 21.7 Å². The highest BCUT2D eigenvalue weighted by Crippen LogP contribution is 2.24. The average molecular weight is 231 g/mol. The van der Waals surface area contributed by atoms with Crippen LogP contribution in [0.2, 0.25) is 0 Å². The van der Waals surface area contributed by atoms with Crippen LogP contribution in [0.3, 0.4) is 0 Å². The number of benzene rings is 1. The number of carbonyl (C=O) groups is 1. The van der Waals surface area contributed by atoms with Gasteiger partial charge in [-0.15, -0.1) is 0 Å². The molecule has 0 aliphatic rings. The number of aromatic hydroxyl groups is 1. The summed E-state index contributed by atoms with van der Waals surface area (Å²) in [4.78, 5) is 11.9. The number of phenols is 1. The fraction of sp³-hybridized carbons (Fsp3) is 0.154. The van der Waals surface area contributed by atoms with Gasteiger partial charge in [-0.1, -0.05) is 6.07 Å². The van der Waals surface area contributed by atoms with Crippen molar-refractivity contribution in [1.29, 1.82) is 0 Å². The molecule has 0 aliphatic heterocycles. The van der Waals surface area contributed by atoms with Crippen LogP contribution in [0.4, 0.5) is 5.69 Å². The number of hydrogen-bond donors (Lipinski definition) is 2. The fourth-order valence-electron chi connectivity index (χ4n) is 1.54. The van der Waals surface area contributed by atoms with Gasteiger partial charge in [-0.05, 0) is 32.0 Å². The van der Waals surface area contributed by atoms with Gasteiger partial charge < -0.3 is 14.8 Å². The largest absolute Gasteiger partial charge is 0.508 e. The zero-order valence-electron chi connectivity index (χ0n) is 9.65. The van der Waals surface area contributed by atoms with E-state index in [9.17, 15) is 9.90 Å². The SMILES string of the molecule is Cc1ccoc1C(=O)Nc1cccc(O)c1C. The van der Waals surface area contributed by atoms with Gasteiger partial charge in [0.25, 0.3) is 5.91 Å². The van der Waals surface area contributed by atoms with Crippen LogP contribution in [0.15, 0.2) is 34.9 Å². The van der Waals surface area contributed by atoms with Crippen LogP contribution in [0, 0.1) is 13.8 Å². The van der Waals surface area contributed by atoms with Gasteiger partial charge in [0.1, 0.15) is 5.75 Å². The predicted octanol–water partition coefficient (Wildman–Crippen LogP) is 2.85.